The van der Waals surface area contributed by atoms with Crippen molar-refractivity contribution in [1.82, 2.24) is 5.32 Å². The molecule has 0 aliphatic heterocycles. The predicted octanol–water partition coefficient (Wildman–Crippen LogP) is 3.65. The molecule has 0 aliphatic rings. The normalized spacial score (nSPS) is 13.2. The lowest BCUT2D eigenvalue weighted by molar-refractivity contribution is 0.422. The second kappa shape index (κ2) is 5.38. The Labute approximate surface area is 91.5 Å². The van der Waals surface area contributed by atoms with E-state index in [2.05, 4.69) is 32.2 Å². The Morgan fingerprint density at radius 3 is 2.57 bits per heavy atom. The first kappa shape index (κ1) is 11.5. The third-order valence-corrected chi connectivity index (χ3v) is 2.53. The van der Waals surface area contributed by atoms with E-state index < -0.39 is 0 Å². The van der Waals surface area contributed by atoms with Gasteiger partial charge in [0, 0.05) is 11.1 Å². The summed E-state index contributed by atoms with van der Waals surface area (Å²) in [4.78, 5) is 0. The van der Waals surface area contributed by atoms with E-state index in [-0.39, 0.29) is 0 Å². The highest BCUT2D eigenvalue weighted by Gasteiger charge is 2.13. The number of rotatable bonds is 4. The molecular weight excluding hydrogens is 194 g/mol. The van der Waals surface area contributed by atoms with E-state index in [1.807, 2.05) is 18.2 Å². The van der Waals surface area contributed by atoms with Gasteiger partial charge < -0.3 is 5.32 Å². The monoisotopic (exact) mass is 211 g/mol. The van der Waals surface area contributed by atoms with Crippen LogP contribution in [0.5, 0.6) is 0 Å². The molecule has 2 heteroatoms. The number of hydrogen-bond donors (Lipinski definition) is 1. The fourth-order valence-electron chi connectivity index (χ4n) is 1.66. The molecule has 14 heavy (non-hydrogen) atoms. The predicted molar refractivity (Wildman–Crippen MR) is 62.7 cm³/mol. The van der Waals surface area contributed by atoms with E-state index in [0.717, 1.165) is 11.6 Å². The van der Waals surface area contributed by atoms with Crippen LogP contribution in [0.25, 0.3) is 0 Å². The minimum absolute atomic E-state index is 0.402. The molecule has 1 atom stereocenters. The van der Waals surface area contributed by atoms with Crippen molar-refractivity contribution in [2.45, 2.75) is 26.8 Å². The van der Waals surface area contributed by atoms with E-state index >= 15 is 0 Å². The quantitative estimate of drug-likeness (QED) is 0.802. The molecule has 0 saturated carbocycles. The molecule has 0 fully saturated rings. The fourth-order valence-corrected chi connectivity index (χ4v) is 1.86. The Bertz CT molecular complexity index is 283. The minimum Gasteiger partial charge on any atom is -0.310 e. The van der Waals surface area contributed by atoms with Gasteiger partial charge in [-0.25, -0.2) is 0 Å². The molecule has 0 saturated heterocycles. The highest BCUT2D eigenvalue weighted by atomic mass is 35.5. The van der Waals surface area contributed by atoms with Crippen molar-refractivity contribution in [3.63, 3.8) is 0 Å². The Morgan fingerprint density at radius 1 is 1.36 bits per heavy atom. The zero-order chi connectivity index (χ0) is 10.6. The van der Waals surface area contributed by atoms with Crippen molar-refractivity contribution in [3.8, 4) is 0 Å². The maximum Gasteiger partial charge on any atom is 0.0409 e. The van der Waals surface area contributed by atoms with Gasteiger partial charge in [0.05, 0.1) is 0 Å². The lowest BCUT2D eigenvalue weighted by Gasteiger charge is -2.22. The Hall–Kier alpha value is -0.530. The smallest absolute Gasteiger partial charge is 0.0409 e. The molecule has 0 radical (unpaired) electrons. The summed E-state index contributed by atoms with van der Waals surface area (Å²) in [5.74, 6) is 0.577. The number of halogens is 1. The van der Waals surface area contributed by atoms with Gasteiger partial charge in [0.15, 0.2) is 0 Å². The summed E-state index contributed by atoms with van der Waals surface area (Å²) in [5, 5.41) is 4.28. The Morgan fingerprint density at radius 2 is 2.07 bits per heavy atom. The summed E-state index contributed by atoms with van der Waals surface area (Å²) in [6.45, 7) is 7.54. The molecule has 0 amide bonds. The summed E-state index contributed by atoms with van der Waals surface area (Å²) >= 11 is 5.97. The molecule has 0 spiro atoms. The maximum absolute atomic E-state index is 5.97. The van der Waals surface area contributed by atoms with E-state index in [4.69, 9.17) is 11.6 Å². The van der Waals surface area contributed by atoms with E-state index in [9.17, 15) is 0 Å². The van der Waals surface area contributed by atoms with Crippen LogP contribution >= 0.6 is 11.6 Å². The summed E-state index contributed by atoms with van der Waals surface area (Å²) in [6.07, 6.45) is 0. The van der Waals surface area contributed by atoms with Gasteiger partial charge in [-0.05, 0) is 30.2 Å². The van der Waals surface area contributed by atoms with Gasteiger partial charge in [-0.1, -0.05) is 44.5 Å². The molecule has 1 unspecified atom stereocenters. The third kappa shape index (κ3) is 3.00. The SMILES string of the molecule is CCNC(c1cccc(Cl)c1)C(C)C. The van der Waals surface area contributed by atoms with Crippen molar-refractivity contribution in [1.29, 1.82) is 0 Å². The lowest BCUT2D eigenvalue weighted by atomic mass is 9.96. The molecule has 1 N–H and O–H groups in total. The standard InChI is InChI=1S/C12H18ClN/c1-4-14-12(9(2)3)10-6-5-7-11(13)8-10/h5-9,12,14H,4H2,1-3H3. The van der Waals surface area contributed by atoms with E-state index in [0.29, 0.717) is 12.0 Å². The van der Waals surface area contributed by atoms with Gasteiger partial charge in [-0.15, -0.1) is 0 Å². The molecule has 0 heterocycles. The second-order valence-electron chi connectivity index (χ2n) is 3.83. The van der Waals surface area contributed by atoms with Crippen LogP contribution in [0.2, 0.25) is 5.02 Å². The Balaban J connectivity index is 2.87. The molecule has 1 nitrogen and oxygen atoms in total. The second-order valence-corrected chi connectivity index (χ2v) is 4.27. The van der Waals surface area contributed by atoms with E-state index in [1.165, 1.54) is 5.56 Å². The van der Waals surface area contributed by atoms with Crippen molar-refractivity contribution < 1.29 is 0 Å². The summed E-state index contributed by atoms with van der Waals surface area (Å²) in [6, 6.07) is 8.48. The van der Waals surface area contributed by atoms with Crippen molar-refractivity contribution >= 4 is 11.6 Å². The maximum atomic E-state index is 5.97. The zero-order valence-corrected chi connectivity index (χ0v) is 9.81. The molecule has 1 aromatic rings. The third-order valence-electron chi connectivity index (χ3n) is 2.30. The average molecular weight is 212 g/mol. The van der Waals surface area contributed by atoms with Crippen LogP contribution in [0.1, 0.15) is 32.4 Å². The minimum atomic E-state index is 0.402. The van der Waals surface area contributed by atoms with Crippen molar-refractivity contribution in [2.75, 3.05) is 6.54 Å². The van der Waals surface area contributed by atoms with E-state index in [1.54, 1.807) is 0 Å². The summed E-state index contributed by atoms with van der Waals surface area (Å²) in [5.41, 5.74) is 1.27. The van der Waals surface area contributed by atoms with Crippen LogP contribution in [-0.2, 0) is 0 Å². The van der Waals surface area contributed by atoms with Crippen LogP contribution in [-0.4, -0.2) is 6.54 Å². The van der Waals surface area contributed by atoms with Crippen LogP contribution in [0.4, 0.5) is 0 Å². The van der Waals surface area contributed by atoms with Gasteiger partial charge in [-0.3, -0.25) is 0 Å². The van der Waals surface area contributed by atoms with Crippen LogP contribution in [0.3, 0.4) is 0 Å². The molecular formula is C12H18ClN. The first-order valence-electron chi connectivity index (χ1n) is 5.14. The summed E-state index contributed by atoms with van der Waals surface area (Å²) < 4.78 is 0. The number of nitrogens with one attached hydrogen (secondary N) is 1. The molecule has 1 aromatic carbocycles. The van der Waals surface area contributed by atoms with Crippen LogP contribution < -0.4 is 5.32 Å². The van der Waals surface area contributed by atoms with Gasteiger partial charge in [0.1, 0.15) is 0 Å². The molecule has 0 aliphatic carbocycles. The highest BCUT2D eigenvalue weighted by molar-refractivity contribution is 6.30. The average Bonchev–Trinajstić information content (AvgIpc) is 2.13. The lowest BCUT2D eigenvalue weighted by Crippen LogP contribution is -2.25. The summed E-state index contributed by atoms with van der Waals surface area (Å²) in [7, 11) is 0. The van der Waals surface area contributed by atoms with Gasteiger partial charge in [0.2, 0.25) is 0 Å². The van der Waals surface area contributed by atoms with Gasteiger partial charge in [-0.2, -0.15) is 0 Å². The molecule has 0 bridgehead atoms. The van der Waals surface area contributed by atoms with Crippen molar-refractivity contribution in [3.05, 3.63) is 34.9 Å². The van der Waals surface area contributed by atoms with Crippen molar-refractivity contribution in [2.24, 2.45) is 5.92 Å². The van der Waals surface area contributed by atoms with Gasteiger partial charge >= 0.3 is 0 Å². The fraction of sp³-hybridized carbons (Fsp3) is 0.500. The first-order valence-corrected chi connectivity index (χ1v) is 5.51. The largest absolute Gasteiger partial charge is 0.310 e. The van der Waals surface area contributed by atoms with Crippen LogP contribution in [0, 0.1) is 5.92 Å². The molecule has 78 valence electrons. The number of benzene rings is 1. The van der Waals surface area contributed by atoms with Crippen LogP contribution in [0.15, 0.2) is 24.3 Å². The first-order chi connectivity index (χ1) is 6.65. The molecule has 1 rings (SSSR count). The Kier molecular flexibility index (Phi) is 4.43. The highest BCUT2D eigenvalue weighted by Crippen LogP contribution is 2.23. The number of hydrogen-bond acceptors (Lipinski definition) is 1. The zero-order valence-electron chi connectivity index (χ0n) is 9.05. The molecule has 0 aromatic heterocycles. The van der Waals surface area contributed by atoms with Gasteiger partial charge in [0.25, 0.3) is 0 Å². The topological polar surface area (TPSA) is 12.0 Å².